The Kier molecular flexibility index (Phi) is 2.22. The molecule has 0 aromatic carbocycles. The Bertz CT molecular complexity index is 604. The molecule has 0 saturated heterocycles. The molecule has 1 aliphatic carbocycles. The number of ether oxygens (including phenoxy) is 1. The highest BCUT2D eigenvalue weighted by Crippen LogP contribution is 2.47. The first-order chi connectivity index (χ1) is 8.15. The molecule has 6 heteroatoms. The van der Waals surface area contributed by atoms with Crippen molar-refractivity contribution in [2.24, 2.45) is 0 Å². The van der Waals surface area contributed by atoms with E-state index in [4.69, 9.17) is 4.74 Å². The van der Waals surface area contributed by atoms with Gasteiger partial charge in [-0.15, -0.1) is 0 Å². The summed E-state index contributed by atoms with van der Waals surface area (Å²) in [6.07, 6.45) is 3.33. The van der Waals surface area contributed by atoms with Crippen LogP contribution in [0.25, 0.3) is 5.65 Å². The van der Waals surface area contributed by atoms with E-state index in [0.717, 1.165) is 23.0 Å². The second-order valence-electron chi connectivity index (χ2n) is 4.16. The zero-order valence-electron chi connectivity index (χ0n) is 9.18. The zero-order valence-corrected chi connectivity index (χ0v) is 10.8. The first-order valence-electron chi connectivity index (χ1n) is 5.26. The summed E-state index contributed by atoms with van der Waals surface area (Å²) in [5.41, 5.74) is 0.123. The summed E-state index contributed by atoms with van der Waals surface area (Å²) in [4.78, 5) is 16.1. The third kappa shape index (κ3) is 1.55. The second-order valence-corrected chi connectivity index (χ2v) is 5.07. The van der Waals surface area contributed by atoms with E-state index in [1.165, 1.54) is 7.11 Å². The van der Waals surface area contributed by atoms with Gasteiger partial charge < -0.3 is 4.74 Å². The molecule has 0 aliphatic heterocycles. The molecule has 88 valence electrons. The minimum absolute atomic E-state index is 0.243. The van der Waals surface area contributed by atoms with E-state index >= 15 is 0 Å². The topological polar surface area (TPSA) is 56.5 Å². The van der Waals surface area contributed by atoms with Crippen LogP contribution in [0.5, 0.6) is 0 Å². The monoisotopic (exact) mass is 295 g/mol. The summed E-state index contributed by atoms with van der Waals surface area (Å²) in [5.74, 6) is 0.315. The van der Waals surface area contributed by atoms with Gasteiger partial charge in [0.2, 0.25) is 0 Å². The molecular formula is C11H10BrN3O2. The fourth-order valence-electron chi connectivity index (χ4n) is 1.90. The number of pyridine rings is 1. The van der Waals surface area contributed by atoms with E-state index in [-0.39, 0.29) is 5.97 Å². The number of rotatable bonds is 2. The van der Waals surface area contributed by atoms with Gasteiger partial charge in [-0.3, -0.25) is 4.79 Å². The Morgan fingerprint density at radius 1 is 1.59 bits per heavy atom. The minimum Gasteiger partial charge on any atom is -0.468 e. The van der Waals surface area contributed by atoms with Crippen LogP contribution < -0.4 is 0 Å². The molecule has 0 radical (unpaired) electrons. The number of esters is 1. The summed E-state index contributed by atoms with van der Waals surface area (Å²) >= 11 is 3.38. The maximum absolute atomic E-state index is 11.7. The lowest BCUT2D eigenvalue weighted by atomic mass is 10.1. The molecule has 0 amide bonds. The van der Waals surface area contributed by atoms with Crippen molar-refractivity contribution in [1.82, 2.24) is 14.6 Å². The molecular weight excluding hydrogens is 286 g/mol. The van der Waals surface area contributed by atoms with Gasteiger partial charge in [-0.1, -0.05) is 15.9 Å². The molecule has 0 N–H and O–H groups in total. The van der Waals surface area contributed by atoms with Crippen molar-refractivity contribution in [3.8, 4) is 0 Å². The third-order valence-corrected chi connectivity index (χ3v) is 3.55. The Hall–Kier alpha value is -1.43. The lowest BCUT2D eigenvalue weighted by Crippen LogP contribution is -2.23. The summed E-state index contributed by atoms with van der Waals surface area (Å²) in [6.45, 7) is 0. The highest BCUT2D eigenvalue weighted by Gasteiger charge is 2.56. The van der Waals surface area contributed by atoms with Crippen molar-refractivity contribution in [3.63, 3.8) is 0 Å². The molecule has 5 nitrogen and oxygen atoms in total. The largest absolute Gasteiger partial charge is 0.468 e. The molecule has 0 unspecified atom stereocenters. The number of nitrogens with zero attached hydrogens (tertiary/aromatic N) is 3. The second kappa shape index (κ2) is 3.53. The molecule has 2 aromatic heterocycles. The van der Waals surface area contributed by atoms with E-state index in [1.54, 1.807) is 4.52 Å². The van der Waals surface area contributed by atoms with Gasteiger partial charge in [0.25, 0.3) is 0 Å². The molecule has 0 spiro atoms. The molecule has 3 rings (SSSR count). The SMILES string of the molecule is COC(=O)C1(c2nc3cc(Br)ccn3n2)CC1. The molecule has 0 atom stereocenters. The number of fused-ring (bicyclic) bond motifs is 1. The predicted molar refractivity (Wildman–Crippen MR) is 63.6 cm³/mol. The van der Waals surface area contributed by atoms with Crippen LogP contribution >= 0.6 is 15.9 Å². The van der Waals surface area contributed by atoms with Gasteiger partial charge in [0.15, 0.2) is 11.5 Å². The molecule has 0 bridgehead atoms. The third-order valence-electron chi connectivity index (χ3n) is 3.05. The summed E-state index contributed by atoms with van der Waals surface area (Å²) < 4.78 is 7.42. The van der Waals surface area contributed by atoms with E-state index in [0.29, 0.717) is 5.82 Å². The van der Waals surface area contributed by atoms with Crippen LogP contribution in [0, 0.1) is 0 Å². The van der Waals surface area contributed by atoms with E-state index in [2.05, 4.69) is 26.0 Å². The standard InChI is InChI=1S/C11H10BrN3O2/c1-17-10(16)11(3-4-11)9-13-8-6-7(12)2-5-15(8)14-9/h2,5-6H,3-4H2,1H3. The smallest absolute Gasteiger partial charge is 0.319 e. The lowest BCUT2D eigenvalue weighted by Gasteiger charge is -2.06. The molecule has 1 saturated carbocycles. The molecule has 2 heterocycles. The lowest BCUT2D eigenvalue weighted by molar-refractivity contribution is -0.143. The summed E-state index contributed by atoms with van der Waals surface area (Å²) in [7, 11) is 1.40. The highest BCUT2D eigenvalue weighted by atomic mass is 79.9. The van der Waals surface area contributed by atoms with Crippen LogP contribution in [0.2, 0.25) is 0 Å². The van der Waals surface area contributed by atoms with E-state index in [1.807, 2.05) is 18.3 Å². The average molecular weight is 296 g/mol. The molecule has 17 heavy (non-hydrogen) atoms. The normalized spacial score (nSPS) is 17.1. The van der Waals surface area contributed by atoms with Crippen molar-refractivity contribution in [2.45, 2.75) is 18.3 Å². The number of methoxy groups -OCH3 is 1. The van der Waals surface area contributed by atoms with Gasteiger partial charge in [-0.05, 0) is 25.0 Å². The number of halogens is 1. The number of carbonyl (C=O) groups excluding carboxylic acids is 1. The zero-order chi connectivity index (χ0) is 12.0. The first-order valence-corrected chi connectivity index (χ1v) is 6.06. The van der Waals surface area contributed by atoms with Crippen LogP contribution in [-0.2, 0) is 14.9 Å². The first kappa shape index (κ1) is 10.7. The van der Waals surface area contributed by atoms with Crippen LogP contribution in [0.15, 0.2) is 22.8 Å². The molecule has 1 aliphatic rings. The van der Waals surface area contributed by atoms with Crippen molar-refractivity contribution in [1.29, 1.82) is 0 Å². The summed E-state index contributed by atoms with van der Waals surface area (Å²) in [6, 6.07) is 3.74. The van der Waals surface area contributed by atoms with E-state index < -0.39 is 5.41 Å². The van der Waals surface area contributed by atoms with Crippen molar-refractivity contribution >= 4 is 27.5 Å². The van der Waals surface area contributed by atoms with E-state index in [9.17, 15) is 4.79 Å². The van der Waals surface area contributed by atoms with Crippen LogP contribution in [0.1, 0.15) is 18.7 Å². The maximum Gasteiger partial charge on any atom is 0.319 e. The average Bonchev–Trinajstić information content (AvgIpc) is 3.03. The Balaban J connectivity index is 2.10. The summed E-state index contributed by atoms with van der Waals surface area (Å²) in [5, 5.41) is 4.34. The minimum atomic E-state index is -0.604. The number of aromatic nitrogens is 3. The molecule has 2 aromatic rings. The van der Waals surface area contributed by atoms with Gasteiger partial charge >= 0.3 is 5.97 Å². The fraction of sp³-hybridized carbons (Fsp3) is 0.364. The maximum atomic E-state index is 11.7. The van der Waals surface area contributed by atoms with Crippen LogP contribution in [-0.4, -0.2) is 27.7 Å². The predicted octanol–water partition coefficient (Wildman–Crippen LogP) is 1.70. The Morgan fingerprint density at radius 2 is 2.35 bits per heavy atom. The van der Waals surface area contributed by atoms with Crippen LogP contribution in [0.4, 0.5) is 0 Å². The van der Waals surface area contributed by atoms with Crippen molar-refractivity contribution < 1.29 is 9.53 Å². The van der Waals surface area contributed by atoms with Gasteiger partial charge in [0.05, 0.1) is 7.11 Å². The van der Waals surface area contributed by atoms with Gasteiger partial charge in [-0.25, -0.2) is 9.50 Å². The number of carbonyl (C=O) groups is 1. The number of hydrogen-bond acceptors (Lipinski definition) is 4. The van der Waals surface area contributed by atoms with Gasteiger partial charge in [0, 0.05) is 10.7 Å². The van der Waals surface area contributed by atoms with Crippen molar-refractivity contribution in [3.05, 3.63) is 28.6 Å². The molecule has 1 fully saturated rings. The fourth-order valence-corrected chi connectivity index (χ4v) is 2.22. The Labute approximate surface area is 106 Å². The highest BCUT2D eigenvalue weighted by molar-refractivity contribution is 9.10. The quantitative estimate of drug-likeness (QED) is 0.791. The van der Waals surface area contributed by atoms with Gasteiger partial charge in [0.1, 0.15) is 5.41 Å². The van der Waals surface area contributed by atoms with Crippen LogP contribution in [0.3, 0.4) is 0 Å². The van der Waals surface area contributed by atoms with Gasteiger partial charge in [-0.2, -0.15) is 5.10 Å². The Morgan fingerprint density at radius 3 is 3.00 bits per heavy atom. The number of hydrogen-bond donors (Lipinski definition) is 0. The van der Waals surface area contributed by atoms with Crippen molar-refractivity contribution in [2.75, 3.05) is 7.11 Å².